The molecule has 0 aliphatic rings. The predicted octanol–water partition coefficient (Wildman–Crippen LogP) is 3.25. The highest BCUT2D eigenvalue weighted by Gasteiger charge is 2.37. The number of benzene rings is 1. The number of hydrogen-bond donors (Lipinski definition) is 1. The van der Waals surface area contributed by atoms with Gasteiger partial charge in [0.25, 0.3) is 10.1 Å². The Hall–Kier alpha value is -1.08. The third kappa shape index (κ3) is 3.23. The Kier molecular flexibility index (Phi) is 3.53. The van der Waals surface area contributed by atoms with Crippen molar-refractivity contribution in [1.82, 2.24) is 0 Å². The fourth-order valence-corrected chi connectivity index (χ4v) is 2.14. The summed E-state index contributed by atoms with van der Waals surface area (Å²) in [6.07, 6.45) is -4.84. The molecule has 0 aromatic heterocycles. The molecule has 0 amide bonds. The van der Waals surface area contributed by atoms with Crippen molar-refractivity contribution in [3.8, 4) is 0 Å². The van der Waals surface area contributed by atoms with Crippen LogP contribution >= 0.6 is 0 Å². The fourth-order valence-electron chi connectivity index (χ4n) is 1.44. The van der Waals surface area contributed by atoms with Crippen LogP contribution in [0.2, 0.25) is 0 Å². The molecule has 1 rings (SSSR count). The van der Waals surface area contributed by atoms with E-state index in [1.807, 2.05) is 0 Å². The highest BCUT2D eigenvalue weighted by molar-refractivity contribution is 7.85. The Bertz CT molecular complexity index is 554. The first-order chi connectivity index (χ1) is 7.83. The van der Waals surface area contributed by atoms with Crippen LogP contribution in [0, 0.1) is 0 Å². The van der Waals surface area contributed by atoms with E-state index in [1.54, 1.807) is 20.8 Å². The van der Waals surface area contributed by atoms with Gasteiger partial charge in [0.2, 0.25) is 0 Å². The van der Waals surface area contributed by atoms with E-state index < -0.39 is 32.2 Å². The average Bonchev–Trinajstić information content (AvgIpc) is 2.12. The third-order valence-electron chi connectivity index (χ3n) is 2.43. The van der Waals surface area contributed by atoms with Gasteiger partial charge in [0.05, 0.1) is 5.56 Å². The van der Waals surface area contributed by atoms with Gasteiger partial charge in [-0.1, -0.05) is 26.8 Å². The summed E-state index contributed by atoms with van der Waals surface area (Å²) in [5.41, 5.74) is -1.57. The van der Waals surface area contributed by atoms with Crippen LogP contribution in [-0.2, 0) is 21.7 Å². The molecule has 0 aliphatic carbocycles. The number of halogens is 3. The summed E-state index contributed by atoms with van der Waals surface area (Å²) in [5.74, 6) is 0. The molecule has 3 nitrogen and oxygen atoms in total. The van der Waals surface area contributed by atoms with Gasteiger partial charge in [-0.25, -0.2) is 0 Å². The molecule has 0 saturated heterocycles. The van der Waals surface area contributed by atoms with Crippen LogP contribution in [0.4, 0.5) is 13.2 Å². The van der Waals surface area contributed by atoms with E-state index in [9.17, 15) is 21.6 Å². The molecule has 0 fully saturated rings. The summed E-state index contributed by atoms with van der Waals surface area (Å²) in [5, 5.41) is 0. The smallest absolute Gasteiger partial charge is 0.282 e. The van der Waals surface area contributed by atoms with Gasteiger partial charge < -0.3 is 0 Å². The zero-order valence-electron chi connectivity index (χ0n) is 10.0. The minimum absolute atomic E-state index is 0.335. The molecule has 7 heteroatoms. The predicted molar refractivity (Wildman–Crippen MR) is 60.0 cm³/mol. The maximum absolute atomic E-state index is 12.8. The lowest BCUT2D eigenvalue weighted by Crippen LogP contribution is -2.17. The number of alkyl halides is 3. The van der Waals surface area contributed by atoms with Gasteiger partial charge >= 0.3 is 6.18 Å². The molecule has 0 saturated carbocycles. The second-order valence-corrected chi connectivity index (χ2v) is 6.32. The van der Waals surface area contributed by atoms with Gasteiger partial charge in [-0.2, -0.15) is 21.6 Å². The molecule has 0 heterocycles. The van der Waals surface area contributed by atoms with Crippen molar-refractivity contribution in [1.29, 1.82) is 0 Å². The number of rotatable bonds is 1. The average molecular weight is 282 g/mol. The second-order valence-electron chi connectivity index (χ2n) is 4.93. The molecular weight excluding hydrogens is 269 g/mol. The van der Waals surface area contributed by atoms with E-state index in [0.29, 0.717) is 5.56 Å². The van der Waals surface area contributed by atoms with E-state index in [2.05, 4.69) is 0 Å². The molecule has 0 aliphatic heterocycles. The SMILES string of the molecule is CC(C)(C)c1ccc(S(=O)(=O)O)c(C(F)(F)F)c1. The van der Waals surface area contributed by atoms with Crippen LogP contribution in [0.25, 0.3) is 0 Å². The lowest BCUT2D eigenvalue weighted by atomic mass is 9.86. The van der Waals surface area contributed by atoms with Crippen LogP contribution in [0.15, 0.2) is 23.1 Å². The Morgan fingerprint density at radius 2 is 1.61 bits per heavy atom. The molecule has 0 spiro atoms. The molecule has 0 radical (unpaired) electrons. The highest BCUT2D eigenvalue weighted by atomic mass is 32.2. The molecule has 1 aromatic rings. The van der Waals surface area contributed by atoms with Crippen molar-refractivity contribution in [2.45, 2.75) is 37.3 Å². The molecule has 1 N–H and O–H groups in total. The van der Waals surface area contributed by atoms with E-state index >= 15 is 0 Å². The third-order valence-corrected chi connectivity index (χ3v) is 3.34. The van der Waals surface area contributed by atoms with Crippen molar-refractivity contribution in [2.24, 2.45) is 0 Å². The summed E-state index contributed by atoms with van der Waals surface area (Å²) >= 11 is 0. The lowest BCUT2D eigenvalue weighted by Gasteiger charge is -2.21. The topological polar surface area (TPSA) is 54.4 Å². The standard InChI is InChI=1S/C11H13F3O3S/c1-10(2,3)7-4-5-9(18(15,16)17)8(6-7)11(12,13)14/h4-6H,1-3H3,(H,15,16,17). The van der Waals surface area contributed by atoms with Crippen molar-refractivity contribution in [3.63, 3.8) is 0 Å². The van der Waals surface area contributed by atoms with Crippen LogP contribution in [0.5, 0.6) is 0 Å². The molecule has 0 atom stereocenters. The molecular formula is C11H13F3O3S. The monoisotopic (exact) mass is 282 g/mol. The quantitative estimate of drug-likeness (QED) is 0.804. The van der Waals surface area contributed by atoms with Gasteiger partial charge in [0, 0.05) is 0 Å². The first kappa shape index (κ1) is 15.0. The highest BCUT2D eigenvalue weighted by Crippen LogP contribution is 2.36. The minimum Gasteiger partial charge on any atom is -0.282 e. The zero-order valence-corrected chi connectivity index (χ0v) is 10.9. The second kappa shape index (κ2) is 4.24. The lowest BCUT2D eigenvalue weighted by molar-refractivity contribution is -0.140. The molecule has 1 aromatic carbocycles. The maximum atomic E-state index is 12.8. The Morgan fingerprint density at radius 1 is 1.11 bits per heavy atom. The van der Waals surface area contributed by atoms with E-state index in [-0.39, 0.29) is 0 Å². The van der Waals surface area contributed by atoms with Gasteiger partial charge in [0.1, 0.15) is 4.90 Å². The van der Waals surface area contributed by atoms with Crippen molar-refractivity contribution >= 4 is 10.1 Å². The van der Waals surface area contributed by atoms with Gasteiger partial charge in [-0.15, -0.1) is 0 Å². The van der Waals surface area contributed by atoms with Gasteiger partial charge in [-0.3, -0.25) is 4.55 Å². The van der Waals surface area contributed by atoms with Crippen molar-refractivity contribution < 1.29 is 26.1 Å². The first-order valence-corrected chi connectivity index (χ1v) is 6.47. The molecule has 0 bridgehead atoms. The van der Waals surface area contributed by atoms with Crippen LogP contribution in [0.1, 0.15) is 31.9 Å². The summed E-state index contributed by atoms with van der Waals surface area (Å²) in [7, 11) is -4.90. The van der Waals surface area contributed by atoms with E-state index in [0.717, 1.165) is 12.1 Å². The van der Waals surface area contributed by atoms with Crippen LogP contribution in [0.3, 0.4) is 0 Å². The summed E-state index contributed by atoms with van der Waals surface area (Å²) in [6, 6.07) is 2.79. The maximum Gasteiger partial charge on any atom is 0.417 e. The Balaban J connectivity index is 3.61. The van der Waals surface area contributed by atoms with E-state index in [1.165, 1.54) is 6.07 Å². The normalized spacial score (nSPS) is 13.7. The number of hydrogen-bond acceptors (Lipinski definition) is 2. The molecule has 0 unspecified atom stereocenters. The Labute approximate surface area is 103 Å². The Morgan fingerprint density at radius 3 is 1.94 bits per heavy atom. The minimum atomic E-state index is -4.90. The molecule has 18 heavy (non-hydrogen) atoms. The van der Waals surface area contributed by atoms with Crippen LogP contribution < -0.4 is 0 Å². The molecule has 102 valence electrons. The summed E-state index contributed by atoms with van der Waals surface area (Å²) in [4.78, 5) is -1.12. The van der Waals surface area contributed by atoms with Gasteiger partial charge in [0.15, 0.2) is 0 Å². The van der Waals surface area contributed by atoms with Crippen molar-refractivity contribution in [3.05, 3.63) is 29.3 Å². The fraction of sp³-hybridized carbons (Fsp3) is 0.455. The van der Waals surface area contributed by atoms with E-state index in [4.69, 9.17) is 4.55 Å². The summed E-state index contributed by atoms with van der Waals surface area (Å²) in [6.45, 7) is 5.11. The first-order valence-electron chi connectivity index (χ1n) is 5.03. The van der Waals surface area contributed by atoms with Gasteiger partial charge in [-0.05, 0) is 23.1 Å². The summed E-state index contributed by atoms with van der Waals surface area (Å²) < 4.78 is 68.9. The largest absolute Gasteiger partial charge is 0.417 e. The zero-order chi connectivity index (χ0) is 14.4. The van der Waals surface area contributed by atoms with Crippen LogP contribution in [-0.4, -0.2) is 13.0 Å². The van der Waals surface area contributed by atoms with Crippen molar-refractivity contribution in [2.75, 3.05) is 0 Å².